The third-order valence-electron chi connectivity index (χ3n) is 4.17. The van der Waals surface area contributed by atoms with Gasteiger partial charge in [-0.2, -0.15) is 0 Å². The third-order valence-corrected chi connectivity index (χ3v) is 4.17. The molecule has 2 rings (SSSR count). The Bertz CT molecular complexity index is 958. The fourth-order valence-electron chi connectivity index (χ4n) is 2.88. The van der Waals surface area contributed by atoms with Crippen molar-refractivity contribution in [2.45, 2.75) is 33.6 Å². The molecule has 0 aliphatic heterocycles. The lowest BCUT2D eigenvalue weighted by Crippen LogP contribution is -2.19. The molecule has 0 saturated carbocycles. The molecule has 1 heterocycles. The van der Waals surface area contributed by atoms with E-state index in [-0.39, 0.29) is 41.4 Å². The van der Waals surface area contributed by atoms with E-state index >= 15 is 0 Å². The molecule has 148 valence electrons. The number of primary amides is 1. The number of nitrogens with one attached hydrogen (secondary N) is 1. The van der Waals surface area contributed by atoms with Gasteiger partial charge >= 0.3 is 0 Å². The Labute approximate surface area is 162 Å². The number of anilines is 1. The second-order valence-electron chi connectivity index (χ2n) is 6.33. The summed E-state index contributed by atoms with van der Waals surface area (Å²) >= 11 is 0. The number of furan rings is 1. The minimum Gasteiger partial charge on any atom is -0.496 e. The topological polar surface area (TPSA) is 129 Å². The van der Waals surface area contributed by atoms with E-state index in [0.717, 1.165) is 5.56 Å². The summed E-state index contributed by atoms with van der Waals surface area (Å²) in [6.45, 7) is 4.61. The molecule has 1 aromatic heterocycles. The lowest BCUT2D eigenvalue weighted by Gasteiger charge is -2.09. The second-order valence-corrected chi connectivity index (χ2v) is 6.33. The standard InChI is InChI=1S/C20H22N2O6/c1-10-5-7-15(27-4)13(9-10)14(24)6-8-16(25)22-20-18(19(21)26)17(11(2)23)12(3)28-20/h5,7,9H,6,8H2,1-4H3,(H2,21,26)(H,22,25). The number of benzene rings is 1. The van der Waals surface area contributed by atoms with Crippen molar-refractivity contribution < 1.29 is 28.3 Å². The Morgan fingerprint density at radius 3 is 2.36 bits per heavy atom. The van der Waals surface area contributed by atoms with Gasteiger partial charge in [0.05, 0.1) is 18.2 Å². The summed E-state index contributed by atoms with van der Waals surface area (Å²) < 4.78 is 10.5. The number of ketones is 2. The van der Waals surface area contributed by atoms with Crippen LogP contribution in [0.1, 0.15) is 62.2 Å². The number of methoxy groups -OCH3 is 1. The predicted molar refractivity (Wildman–Crippen MR) is 102 cm³/mol. The van der Waals surface area contributed by atoms with Crippen LogP contribution in [0, 0.1) is 13.8 Å². The summed E-state index contributed by atoms with van der Waals surface area (Å²) in [6.07, 6.45) is -0.222. The van der Waals surface area contributed by atoms with Gasteiger partial charge in [0.15, 0.2) is 11.6 Å². The average molecular weight is 386 g/mol. The predicted octanol–water partition coefficient (Wildman–Crippen LogP) is 2.81. The third kappa shape index (κ3) is 4.46. The largest absolute Gasteiger partial charge is 0.496 e. The first-order valence-corrected chi connectivity index (χ1v) is 8.57. The number of carbonyl (C=O) groups is 4. The van der Waals surface area contributed by atoms with E-state index in [1.807, 2.05) is 13.0 Å². The van der Waals surface area contributed by atoms with Crippen molar-refractivity contribution in [2.24, 2.45) is 5.73 Å². The first kappa shape index (κ1) is 20.9. The molecule has 3 N–H and O–H groups in total. The molecule has 0 aliphatic carbocycles. The summed E-state index contributed by atoms with van der Waals surface area (Å²) in [5.74, 6) is -1.69. The number of Topliss-reactive ketones (excluding diaryl/α,β-unsaturated/α-hetero) is 2. The molecule has 1 aromatic carbocycles. The van der Waals surface area contributed by atoms with Crippen LogP contribution in [-0.4, -0.2) is 30.5 Å². The average Bonchev–Trinajstić information content (AvgIpc) is 2.95. The van der Waals surface area contributed by atoms with Gasteiger partial charge in [-0.05, 0) is 32.9 Å². The fourth-order valence-corrected chi connectivity index (χ4v) is 2.88. The highest BCUT2D eigenvalue weighted by atomic mass is 16.5. The van der Waals surface area contributed by atoms with Gasteiger partial charge < -0.3 is 14.9 Å². The van der Waals surface area contributed by atoms with E-state index in [9.17, 15) is 19.2 Å². The fraction of sp³-hybridized carbons (Fsp3) is 0.300. The first-order chi connectivity index (χ1) is 13.1. The van der Waals surface area contributed by atoms with Crippen LogP contribution < -0.4 is 15.8 Å². The van der Waals surface area contributed by atoms with Crippen molar-refractivity contribution in [3.8, 4) is 5.75 Å². The number of aryl methyl sites for hydroxylation is 2. The molecule has 8 nitrogen and oxygen atoms in total. The van der Waals surface area contributed by atoms with Crippen molar-refractivity contribution in [2.75, 3.05) is 12.4 Å². The van der Waals surface area contributed by atoms with Gasteiger partial charge in [0.2, 0.25) is 11.8 Å². The lowest BCUT2D eigenvalue weighted by atomic mass is 10.0. The molecule has 0 spiro atoms. The number of nitrogens with two attached hydrogens (primary N) is 1. The van der Waals surface area contributed by atoms with Crippen molar-refractivity contribution in [3.63, 3.8) is 0 Å². The molecule has 0 unspecified atom stereocenters. The maximum Gasteiger partial charge on any atom is 0.255 e. The SMILES string of the molecule is COc1ccc(C)cc1C(=O)CCC(=O)Nc1oc(C)c(C(C)=O)c1C(N)=O. The number of amides is 2. The van der Waals surface area contributed by atoms with Crippen LogP contribution in [0.2, 0.25) is 0 Å². The summed E-state index contributed by atoms with van der Waals surface area (Å²) in [7, 11) is 1.46. The highest BCUT2D eigenvalue weighted by Gasteiger charge is 2.26. The Morgan fingerprint density at radius 2 is 1.79 bits per heavy atom. The first-order valence-electron chi connectivity index (χ1n) is 8.57. The highest BCUT2D eigenvalue weighted by Crippen LogP contribution is 2.27. The summed E-state index contributed by atoms with van der Waals surface area (Å²) in [4.78, 5) is 48.1. The summed E-state index contributed by atoms with van der Waals surface area (Å²) in [6, 6.07) is 5.20. The number of ether oxygens (including phenoxy) is 1. The molecule has 0 fully saturated rings. The zero-order valence-electron chi connectivity index (χ0n) is 16.2. The van der Waals surface area contributed by atoms with E-state index in [4.69, 9.17) is 14.9 Å². The molecule has 8 heteroatoms. The maximum absolute atomic E-state index is 12.5. The molecular formula is C20H22N2O6. The summed E-state index contributed by atoms with van der Waals surface area (Å²) in [5.41, 5.74) is 6.45. The van der Waals surface area contributed by atoms with Gasteiger partial charge in [0.1, 0.15) is 17.1 Å². The molecular weight excluding hydrogens is 364 g/mol. The minimum atomic E-state index is -0.891. The second kappa shape index (κ2) is 8.51. The Kier molecular flexibility index (Phi) is 6.35. The van der Waals surface area contributed by atoms with Crippen molar-refractivity contribution in [3.05, 3.63) is 46.2 Å². The normalized spacial score (nSPS) is 10.4. The van der Waals surface area contributed by atoms with Crippen molar-refractivity contribution in [1.29, 1.82) is 0 Å². The Balaban J connectivity index is 2.13. The van der Waals surface area contributed by atoms with Crippen LogP contribution in [0.5, 0.6) is 5.75 Å². The van der Waals surface area contributed by atoms with Gasteiger partial charge in [-0.3, -0.25) is 24.5 Å². The lowest BCUT2D eigenvalue weighted by molar-refractivity contribution is -0.116. The molecule has 28 heavy (non-hydrogen) atoms. The molecule has 0 aliphatic rings. The Morgan fingerprint density at radius 1 is 1.11 bits per heavy atom. The zero-order valence-corrected chi connectivity index (χ0v) is 16.2. The molecule has 2 amide bonds. The highest BCUT2D eigenvalue weighted by molar-refractivity contribution is 6.12. The monoisotopic (exact) mass is 386 g/mol. The van der Waals surface area contributed by atoms with Crippen LogP contribution in [0.3, 0.4) is 0 Å². The van der Waals surface area contributed by atoms with Gasteiger partial charge in [0, 0.05) is 12.8 Å². The quantitative estimate of drug-likeness (QED) is 0.671. The van der Waals surface area contributed by atoms with E-state index in [1.165, 1.54) is 21.0 Å². The van der Waals surface area contributed by atoms with Gasteiger partial charge in [-0.15, -0.1) is 0 Å². The van der Waals surface area contributed by atoms with E-state index < -0.39 is 17.6 Å². The van der Waals surface area contributed by atoms with E-state index in [1.54, 1.807) is 12.1 Å². The van der Waals surface area contributed by atoms with Gasteiger partial charge in [-0.25, -0.2) is 0 Å². The minimum absolute atomic E-state index is 0.0309. The van der Waals surface area contributed by atoms with Gasteiger partial charge in [-0.1, -0.05) is 11.6 Å². The van der Waals surface area contributed by atoms with Crippen molar-refractivity contribution in [1.82, 2.24) is 0 Å². The summed E-state index contributed by atoms with van der Waals surface area (Å²) in [5, 5.41) is 2.41. The van der Waals surface area contributed by atoms with Crippen LogP contribution in [-0.2, 0) is 4.79 Å². The Hall–Kier alpha value is -3.42. The smallest absolute Gasteiger partial charge is 0.255 e. The van der Waals surface area contributed by atoms with Crippen molar-refractivity contribution >= 4 is 29.3 Å². The van der Waals surface area contributed by atoms with E-state index in [2.05, 4.69) is 5.32 Å². The molecule has 2 aromatic rings. The number of hydrogen-bond donors (Lipinski definition) is 2. The molecule has 0 bridgehead atoms. The number of carbonyl (C=O) groups excluding carboxylic acids is 4. The molecule has 0 radical (unpaired) electrons. The van der Waals surface area contributed by atoms with Crippen LogP contribution in [0.25, 0.3) is 0 Å². The van der Waals surface area contributed by atoms with Crippen LogP contribution in [0.15, 0.2) is 22.6 Å². The molecule has 0 saturated heterocycles. The maximum atomic E-state index is 12.5. The number of hydrogen-bond acceptors (Lipinski definition) is 6. The van der Waals surface area contributed by atoms with Gasteiger partial charge in [0.25, 0.3) is 5.91 Å². The van der Waals surface area contributed by atoms with Crippen LogP contribution in [0.4, 0.5) is 5.88 Å². The zero-order chi connectivity index (χ0) is 21.0. The van der Waals surface area contributed by atoms with E-state index in [0.29, 0.717) is 11.3 Å². The molecule has 0 atom stereocenters. The van der Waals surface area contributed by atoms with Crippen LogP contribution >= 0.6 is 0 Å². The number of rotatable bonds is 8.